The second-order valence-electron chi connectivity index (χ2n) is 14.3. The summed E-state index contributed by atoms with van der Waals surface area (Å²) in [6.45, 7) is 3.08. The molecule has 6 saturated heterocycles. The summed E-state index contributed by atoms with van der Waals surface area (Å²) in [6.07, 6.45) is -6.00. The molecule has 8 aliphatic heterocycles. The van der Waals surface area contributed by atoms with Crippen molar-refractivity contribution in [2.75, 3.05) is 38.4 Å². The van der Waals surface area contributed by atoms with Gasteiger partial charge in [0.25, 0.3) is 29.4 Å². The number of aliphatic hydroxyl groups is 3. The van der Waals surface area contributed by atoms with Gasteiger partial charge in [0.05, 0.1) is 17.4 Å². The largest absolute Gasteiger partial charge is 0.394 e. The van der Waals surface area contributed by atoms with Crippen LogP contribution in [-0.4, -0.2) is 132 Å². The molecule has 0 aromatic heterocycles. The number of aliphatic hydroxyl groups excluding tert-OH is 3. The zero-order chi connectivity index (χ0) is 35.5. The van der Waals surface area contributed by atoms with Gasteiger partial charge in [-0.1, -0.05) is 50.2 Å². The molecule has 264 valence electrons. The molecule has 0 aliphatic carbocycles. The Morgan fingerprint density at radius 3 is 1.94 bits per heavy atom. The number of hydrogen-bond donors (Lipinski definition) is 5. The SMILES string of the molecule is CO[C@@]12C(=O)N(C)[C@@H](CO)C(=O)N1[C@@H]1Nc3ccccc3[C@]1(C13c4ccccc4N[C@@H]1N1C(=O)[C@]4(C(C)C)SSS[C@]1(C(=O)N4C)[C@@H]3O)[C@H]2O. The van der Waals surface area contributed by atoms with Crippen LogP contribution < -0.4 is 10.6 Å². The summed E-state index contributed by atoms with van der Waals surface area (Å²) >= 11 is 0. The van der Waals surface area contributed by atoms with Gasteiger partial charge in [-0.3, -0.25) is 29.0 Å². The minimum atomic E-state index is -2.32. The zero-order valence-corrected chi connectivity index (χ0v) is 30.1. The highest BCUT2D eigenvalue weighted by Gasteiger charge is 2.91. The average molecular weight is 741 g/mol. The van der Waals surface area contributed by atoms with Gasteiger partial charge in [0, 0.05) is 32.6 Å². The Kier molecular flexibility index (Phi) is 6.55. The zero-order valence-electron chi connectivity index (χ0n) is 27.7. The summed E-state index contributed by atoms with van der Waals surface area (Å²) in [6, 6.07) is 13.0. The van der Waals surface area contributed by atoms with Gasteiger partial charge in [-0.05, 0) is 60.6 Å². The maximum absolute atomic E-state index is 15.3. The van der Waals surface area contributed by atoms with E-state index >= 15 is 9.59 Å². The van der Waals surface area contributed by atoms with E-state index in [1.807, 2.05) is 26.0 Å². The van der Waals surface area contributed by atoms with Crippen LogP contribution in [0.4, 0.5) is 11.4 Å². The molecule has 2 aromatic rings. The van der Waals surface area contributed by atoms with E-state index in [-0.39, 0.29) is 11.8 Å². The Morgan fingerprint density at radius 1 is 0.820 bits per heavy atom. The fourth-order valence-corrected chi connectivity index (χ4v) is 16.8. The van der Waals surface area contributed by atoms with Crippen molar-refractivity contribution in [2.45, 2.75) is 70.7 Å². The van der Waals surface area contributed by atoms with Crippen LogP contribution in [0.5, 0.6) is 0 Å². The van der Waals surface area contributed by atoms with Crippen LogP contribution in [0, 0.1) is 5.92 Å². The lowest BCUT2D eigenvalue weighted by atomic mass is 9.51. The molecule has 0 radical (unpaired) electrons. The molecule has 5 N–H and O–H groups in total. The molecule has 1 unspecified atom stereocenters. The van der Waals surface area contributed by atoms with E-state index in [1.54, 1.807) is 43.4 Å². The van der Waals surface area contributed by atoms with Gasteiger partial charge in [-0.25, -0.2) is 0 Å². The van der Waals surface area contributed by atoms with Crippen molar-refractivity contribution in [3.8, 4) is 0 Å². The Balaban J connectivity index is 1.43. The van der Waals surface area contributed by atoms with Gasteiger partial charge in [0.1, 0.15) is 30.6 Å². The summed E-state index contributed by atoms with van der Waals surface area (Å²) in [5.74, 6) is -2.63. The third-order valence-corrected chi connectivity index (χ3v) is 17.9. The molecule has 50 heavy (non-hydrogen) atoms. The summed E-state index contributed by atoms with van der Waals surface area (Å²) in [7, 11) is 7.85. The predicted molar refractivity (Wildman–Crippen MR) is 186 cm³/mol. The van der Waals surface area contributed by atoms with Crippen LogP contribution >= 0.6 is 31.4 Å². The van der Waals surface area contributed by atoms with Crippen LogP contribution in [0.1, 0.15) is 25.0 Å². The van der Waals surface area contributed by atoms with E-state index in [4.69, 9.17) is 4.74 Å². The van der Waals surface area contributed by atoms with Crippen molar-refractivity contribution < 1.29 is 39.2 Å². The molecule has 8 aliphatic rings. The number of para-hydroxylation sites is 2. The third-order valence-electron chi connectivity index (χ3n) is 12.6. The number of carbonyl (C=O) groups excluding carboxylic acids is 4. The molecule has 2 aromatic carbocycles. The van der Waals surface area contributed by atoms with Crippen molar-refractivity contribution in [1.82, 2.24) is 19.6 Å². The molecular weight excluding hydrogens is 705 g/mol. The topological polar surface area (TPSA) is 175 Å². The minimum absolute atomic E-state index is 0.335. The summed E-state index contributed by atoms with van der Waals surface area (Å²) < 4.78 is 6.04. The van der Waals surface area contributed by atoms with E-state index in [1.165, 1.54) is 49.5 Å². The highest BCUT2D eigenvalue weighted by atomic mass is 33.5. The van der Waals surface area contributed by atoms with Gasteiger partial charge in [0.15, 0.2) is 4.87 Å². The molecule has 0 saturated carbocycles. The number of ether oxygens (including phenoxy) is 1. The Labute approximate surface area is 299 Å². The van der Waals surface area contributed by atoms with E-state index < -0.39 is 81.2 Å². The summed E-state index contributed by atoms with van der Waals surface area (Å²) in [5.41, 5.74) is -3.90. The standard InChI is InChI=1S/C33H36N6O8S3/c1-15(2)32-28(46)39-25-30(17-11-7-9-13-19(17)35-25,23(43)33(39,49-50-48-32)27(45)37(32)4)29-16-10-6-8-12-18(16)34-24(29)38-21(41)20(14-40)36(3)26(44)31(38,47-5)22(29)42/h6-13,15,20,22-25,34-35,40,42-43H,14H2,1-5H3/t20-,22+,23+,24-,25+,29-,30?,31-,32-,33-/m0/s1. The number of amides is 4. The number of rotatable bonds is 4. The minimum Gasteiger partial charge on any atom is -0.394 e. The van der Waals surface area contributed by atoms with E-state index in [2.05, 4.69) is 10.6 Å². The number of nitrogens with one attached hydrogen (secondary N) is 2. The fraction of sp³-hybridized carbons (Fsp3) is 0.515. The van der Waals surface area contributed by atoms with E-state index in [0.29, 0.717) is 22.5 Å². The first-order chi connectivity index (χ1) is 23.8. The van der Waals surface area contributed by atoms with Crippen LogP contribution in [0.25, 0.3) is 0 Å². The van der Waals surface area contributed by atoms with Crippen LogP contribution in [-0.2, 0) is 34.7 Å². The monoisotopic (exact) mass is 740 g/mol. The van der Waals surface area contributed by atoms with Crippen molar-refractivity contribution in [2.24, 2.45) is 5.92 Å². The number of carbonyl (C=O) groups is 4. The van der Waals surface area contributed by atoms with Crippen LogP contribution in [0.2, 0.25) is 0 Å². The lowest BCUT2D eigenvalue weighted by Gasteiger charge is -2.52. The summed E-state index contributed by atoms with van der Waals surface area (Å²) in [4.78, 5) is 61.5. The molecule has 2 bridgehead atoms. The maximum Gasteiger partial charge on any atom is 0.279 e. The quantitative estimate of drug-likeness (QED) is 0.275. The first-order valence-corrected chi connectivity index (χ1v) is 19.8. The molecule has 14 nitrogen and oxygen atoms in total. The second kappa shape index (κ2) is 10.0. The normalized spacial score (nSPS) is 42.2. The van der Waals surface area contributed by atoms with Crippen molar-refractivity contribution in [3.63, 3.8) is 0 Å². The number of hydrogen-bond acceptors (Lipinski definition) is 13. The maximum atomic E-state index is 15.3. The molecule has 4 amide bonds. The first-order valence-electron chi connectivity index (χ1n) is 16.3. The molecule has 6 fully saturated rings. The van der Waals surface area contributed by atoms with E-state index in [9.17, 15) is 24.9 Å². The van der Waals surface area contributed by atoms with Gasteiger partial charge >= 0.3 is 0 Å². The Bertz CT molecular complexity index is 1920. The van der Waals surface area contributed by atoms with Crippen molar-refractivity contribution in [3.05, 3.63) is 59.7 Å². The number of fused-ring (bicyclic) bond motifs is 12. The third kappa shape index (κ3) is 2.95. The van der Waals surface area contributed by atoms with Gasteiger partial charge in [0.2, 0.25) is 4.87 Å². The number of likely N-dealkylation sites (N-methyl/N-ethyl adjacent to an activating group) is 2. The Morgan fingerprint density at radius 2 is 1.38 bits per heavy atom. The molecule has 8 heterocycles. The van der Waals surface area contributed by atoms with Gasteiger partial charge in [-0.15, -0.1) is 0 Å². The first kappa shape index (κ1) is 32.7. The Hall–Kier alpha value is -3.19. The fourth-order valence-electron chi connectivity index (χ4n) is 10.5. The molecule has 10 rings (SSSR count). The number of nitrogens with zero attached hydrogens (tertiary/aromatic N) is 4. The smallest absolute Gasteiger partial charge is 0.279 e. The van der Waals surface area contributed by atoms with Gasteiger partial charge in [-0.2, -0.15) is 0 Å². The second-order valence-corrected chi connectivity index (χ2v) is 18.6. The lowest BCUT2D eigenvalue weighted by Crippen LogP contribution is -2.75. The van der Waals surface area contributed by atoms with Gasteiger partial charge < -0.3 is 40.5 Å². The predicted octanol–water partition coefficient (Wildman–Crippen LogP) is 0.511. The van der Waals surface area contributed by atoms with Crippen LogP contribution in [0.3, 0.4) is 0 Å². The highest BCUT2D eigenvalue weighted by molar-refractivity contribution is 9.10. The number of piperazine rings is 2. The van der Waals surface area contributed by atoms with Crippen molar-refractivity contribution in [1.29, 1.82) is 0 Å². The number of methoxy groups -OCH3 is 1. The number of benzene rings is 2. The molecular formula is C33H36N6O8S3. The molecule has 1 spiro atoms. The van der Waals surface area contributed by atoms with E-state index in [0.717, 1.165) is 15.7 Å². The average Bonchev–Trinajstić information content (AvgIpc) is 3.70. The molecule has 10 atom stereocenters. The summed E-state index contributed by atoms with van der Waals surface area (Å²) in [5, 5.41) is 44.1. The lowest BCUT2D eigenvalue weighted by molar-refractivity contribution is -0.218. The van der Waals surface area contributed by atoms with Crippen LogP contribution in [0.15, 0.2) is 48.5 Å². The molecule has 17 heteroatoms. The number of anilines is 2. The van der Waals surface area contributed by atoms with Crippen molar-refractivity contribution >= 4 is 66.4 Å². The highest BCUT2D eigenvalue weighted by Crippen LogP contribution is 2.76.